The van der Waals surface area contributed by atoms with Crippen molar-refractivity contribution in [1.29, 1.82) is 0 Å². The molecular weight excluding hydrogens is 318 g/mol. The minimum Gasteiger partial charge on any atom is -0.394 e. The van der Waals surface area contributed by atoms with Gasteiger partial charge in [-0.3, -0.25) is 4.90 Å². The Morgan fingerprint density at radius 2 is 2.42 bits per heavy atom. The number of nitrogens with two attached hydrogens (primary N) is 1. The van der Waals surface area contributed by atoms with E-state index in [1.807, 2.05) is 0 Å². The Kier molecular flexibility index (Phi) is 4.58. The molecule has 2 amide bonds. The standard InChI is InChI=1S/C11H16BrN3O4/c12-2-1-6-4-15(11(18)14-10(6)13)9-3-7(17)8(5-16)19-9/h1-2,4,7-10,16-17H,3,5,13H2,(H,14,18)/b2-1+/t7-,8+,9+,10?/m0/s1. The van der Waals surface area contributed by atoms with Crippen LogP contribution >= 0.6 is 15.9 Å². The van der Waals surface area contributed by atoms with Gasteiger partial charge in [0.15, 0.2) is 0 Å². The van der Waals surface area contributed by atoms with E-state index in [-0.39, 0.29) is 13.0 Å². The van der Waals surface area contributed by atoms with Gasteiger partial charge in [-0.05, 0) is 11.1 Å². The molecule has 19 heavy (non-hydrogen) atoms. The number of hydrogen-bond acceptors (Lipinski definition) is 5. The van der Waals surface area contributed by atoms with Crippen molar-refractivity contribution in [1.82, 2.24) is 10.2 Å². The van der Waals surface area contributed by atoms with Crippen LogP contribution in [0.25, 0.3) is 0 Å². The molecule has 0 aromatic heterocycles. The molecule has 7 nitrogen and oxygen atoms in total. The van der Waals surface area contributed by atoms with Crippen LogP contribution in [0.3, 0.4) is 0 Å². The van der Waals surface area contributed by atoms with Gasteiger partial charge in [0.1, 0.15) is 18.5 Å². The first-order valence-corrected chi connectivity index (χ1v) is 6.75. The fraction of sp³-hybridized carbons (Fsp3) is 0.545. The van der Waals surface area contributed by atoms with E-state index in [1.165, 1.54) is 4.90 Å². The highest BCUT2D eigenvalue weighted by molar-refractivity contribution is 9.11. The molecule has 106 valence electrons. The Hall–Kier alpha value is -0.930. The molecule has 0 spiro atoms. The average molecular weight is 334 g/mol. The summed E-state index contributed by atoms with van der Waals surface area (Å²) in [5.74, 6) is 0. The van der Waals surface area contributed by atoms with Gasteiger partial charge >= 0.3 is 6.03 Å². The Labute approximate surface area is 118 Å². The summed E-state index contributed by atoms with van der Waals surface area (Å²) in [7, 11) is 0. The van der Waals surface area contributed by atoms with Crippen LogP contribution in [0, 0.1) is 0 Å². The van der Waals surface area contributed by atoms with E-state index in [1.54, 1.807) is 17.3 Å². The summed E-state index contributed by atoms with van der Waals surface area (Å²) in [6.07, 6.45) is 0.884. The number of nitrogens with zero attached hydrogens (tertiary/aromatic N) is 1. The molecule has 5 N–H and O–H groups in total. The van der Waals surface area contributed by atoms with Crippen LogP contribution in [0.4, 0.5) is 4.79 Å². The van der Waals surface area contributed by atoms with Gasteiger partial charge in [-0.2, -0.15) is 0 Å². The smallest absolute Gasteiger partial charge is 0.325 e. The first-order valence-electron chi connectivity index (χ1n) is 5.84. The quantitative estimate of drug-likeness (QED) is 0.560. The van der Waals surface area contributed by atoms with Crippen LogP contribution in [-0.2, 0) is 4.74 Å². The number of carbonyl (C=O) groups excluding carboxylic acids is 1. The van der Waals surface area contributed by atoms with Gasteiger partial charge in [0.25, 0.3) is 0 Å². The minimum atomic E-state index is -0.790. The van der Waals surface area contributed by atoms with Crippen molar-refractivity contribution < 1.29 is 19.7 Å². The normalized spacial score (nSPS) is 35.7. The Balaban J connectivity index is 2.17. The average Bonchev–Trinajstić information content (AvgIpc) is 2.74. The zero-order chi connectivity index (χ0) is 14.0. The minimum absolute atomic E-state index is 0.246. The van der Waals surface area contributed by atoms with E-state index in [2.05, 4.69) is 21.2 Å². The molecule has 0 aromatic rings. The van der Waals surface area contributed by atoms with Crippen LogP contribution in [0.1, 0.15) is 6.42 Å². The summed E-state index contributed by atoms with van der Waals surface area (Å²) in [5, 5.41) is 21.3. The third kappa shape index (κ3) is 2.98. The van der Waals surface area contributed by atoms with Gasteiger partial charge in [0.05, 0.1) is 12.7 Å². The molecule has 0 bridgehead atoms. The summed E-state index contributed by atoms with van der Waals surface area (Å²) < 4.78 is 5.44. The van der Waals surface area contributed by atoms with Gasteiger partial charge in [0.2, 0.25) is 0 Å². The summed E-state index contributed by atoms with van der Waals surface area (Å²) in [5.41, 5.74) is 6.46. The Morgan fingerprint density at radius 1 is 1.68 bits per heavy atom. The van der Waals surface area contributed by atoms with Crippen LogP contribution in [-0.4, -0.2) is 52.4 Å². The van der Waals surface area contributed by atoms with E-state index in [9.17, 15) is 9.90 Å². The first-order chi connectivity index (χ1) is 9.06. The largest absolute Gasteiger partial charge is 0.394 e. The van der Waals surface area contributed by atoms with Gasteiger partial charge < -0.3 is 26.0 Å². The molecule has 4 atom stereocenters. The number of halogens is 1. The molecule has 1 fully saturated rings. The van der Waals surface area contributed by atoms with Crippen molar-refractivity contribution in [3.8, 4) is 0 Å². The molecule has 0 aromatic carbocycles. The second kappa shape index (κ2) is 6.02. The van der Waals surface area contributed by atoms with Crippen LogP contribution in [0.5, 0.6) is 0 Å². The Morgan fingerprint density at radius 3 is 3.00 bits per heavy atom. The molecule has 8 heteroatoms. The van der Waals surface area contributed by atoms with Gasteiger partial charge in [0, 0.05) is 18.2 Å². The van der Waals surface area contributed by atoms with Crippen molar-refractivity contribution in [3.63, 3.8) is 0 Å². The van der Waals surface area contributed by atoms with Crippen molar-refractivity contribution in [3.05, 3.63) is 22.8 Å². The number of nitrogens with one attached hydrogen (secondary N) is 1. The van der Waals surface area contributed by atoms with Gasteiger partial charge in [-0.1, -0.05) is 15.9 Å². The number of hydrogen-bond donors (Lipinski definition) is 4. The molecular formula is C11H16BrN3O4. The predicted octanol–water partition coefficient (Wildman–Crippen LogP) is -0.443. The molecule has 0 saturated carbocycles. The molecule has 2 aliphatic rings. The number of aliphatic hydroxyl groups is 2. The number of aliphatic hydroxyl groups excluding tert-OH is 2. The van der Waals surface area contributed by atoms with Gasteiger partial charge in [-0.25, -0.2) is 4.79 Å². The van der Waals surface area contributed by atoms with E-state index in [0.29, 0.717) is 5.57 Å². The number of amides is 2. The topological polar surface area (TPSA) is 108 Å². The highest BCUT2D eigenvalue weighted by Gasteiger charge is 2.39. The summed E-state index contributed by atoms with van der Waals surface area (Å²) in [6.45, 7) is -0.287. The lowest BCUT2D eigenvalue weighted by Gasteiger charge is -2.32. The number of ether oxygens (including phenoxy) is 1. The van der Waals surface area contributed by atoms with E-state index in [4.69, 9.17) is 15.6 Å². The molecule has 0 radical (unpaired) electrons. The molecule has 2 heterocycles. The van der Waals surface area contributed by atoms with E-state index >= 15 is 0 Å². The SMILES string of the molecule is NC1NC(=O)N([C@H]2C[C@H](O)[C@@H](CO)O2)C=C1/C=C/Br. The lowest BCUT2D eigenvalue weighted by atomic mass is 10.1. The first kappa shape index (κ1) is 14.5. The van der Waals surface area contributed by atoms with Crippen molar-refractivity contribution in [2.24, 2.45) is 5.73 Å². The predicted molar refractivity (Wildman–Crippen MR) is 70.9 cm³/mol. The summed E-state index contributed by atoms with van der Waals surface area (Å²) >= 11 is 3.15. The Bertz CT molecular complexity index is 415. The third-order valence-corrected chi connectivity index (χ3v) is 3.37. The monoisotopic (exact) mass is 333 g/mol. The number of carbonyl (C=O) groups is 1. The molecule has 2 rings (SSSR count). The van der Waals surface area contributed by atoms with Gasteiger partial charge in [-0.15, -0.1) is 0 Å². The van der Waals surface area contributed by atoms with Crippen LogP contribution < -0.4 is 11.1 Å². The maximum atomic E-state index is 11.9. The van der Waals surface area contributed by atoms with E-state index < -0.39 is 30.6 Å². The zero-order valence-electron chi connectivity index (χ0n) is 10.1. The maximum absolute atomic E-state index is 11.9. The molecule has 1 unspecified atom stereocenters. The van der Waals surface area contributed by atoms with E-state index in [0.717, 1.165) is 0 Å². The molecule has 2 aliphatic heterocycles. The van der Waals surface area contributed by atoms with Crippen molar-refractivity contribution in [2.75, 3.05) is 6.61 Å². The van der Waals surface area contributed by atoms with Crippen molar-refractivity contribution in [2.45, 2.75) is 31.0 Å². The van der Waals surface area contributed by atoms with Crippen LogP contribution in [0.15, 0.2) is 22.8 Å². The number of rotatable bonds is 3. The second-order valence-electron chi connectivity index (χ2n) is 4.37. The van der Waals surface area contributed by atoms with Crippen LogP contribution in [0.2, 0.25) is 0 Å². The molecule has 0 aliphatic carbocycles. The fourth-order valence-electron chi connectivity index (χ4n) is 2.07. The fourth-order valence-corrected chi connectivity index (χ4v) is 2.38. The molecule has 1 saturated heterocycles. The number of urea groups is 1. The van der Waals surface area contributed by atoms with Crippen molar-refractivity contribution >= 4 is 22.0 Å². The third-order valence-electron chi connectivity index (χ3n) is 3.11. The summed E-state index contributed by atoms with van der Waals surface area (Å²) in [6, 6.07) is -0.394. The maximum Gasteiger partial charge on any atom is 0.325 e. The highest BCUT2D eigenvalue weighted by atomic mass is 79.9. The lowest BCUT2D eigenvalue weighted by Crippen LogP contribution is -2.54. The summed E-state index contributed by atoms with van der Waals surface area (Å²) in [4.78, 5) is 14.8. The second-order valence-corrected chi connectivity index (χ2v) is 4.90. The zero-order valence-corrected chi connectivity index (χ0v) is 11.7. The lowest BCUT2D eigenvalue weighted by molar-refractivity contribution is -0.0544. The highest BCUT2D eigenvalue weighted by Crippen LogP contribution is 2.25.